The van der Waals surface area contributed by atoms with Crippen LogP contribution in [-0.2, 0) is 4.79 Å². The van der Waals surface area contributed by atoms with E-state index in [1.807, 2.05) is 4.90 Å². The first-order chi connectivity index (χ1) is 8.33. The molecule has 4 heteroatoms. The highest BCUT2D eigenvalue weighted by Gasteiger charge is 2.31. The van der Waals surface area contributed by atoms with E-state index in [-0.39, 0.29) is 18.6 Å². The van der Waals surface area contributed by atoms with Gasteiger partial charge in [0.2, 0.25) is 5.91 Å². The number of carbonyl (C=O) groups is 1. The van der Waals surface area contributed by atoms with E-state index in [1.54, 1.807) is 0 Å². The molecule has 0 aromatic carbocycles. The number of nitrogens with one attached hydrogen (secondary N) is 1. The van der Waals surface area contributed by atoms with Crippen LogP contribution in [-0.4, -0.2) is 47.7 Å². The Labute approximate surface area is 103 Å². The summed E-state index contributed by atoms with van der Waals surface area (Å²) < 4.78 is 0. The van der Waals surface area contributed by atoms with Crippen LogP contribution < -0.4 is 5.32 Å². The maximum absolute atomic E-state index is 12.4. The normalized spacial score (nSPS) is 26.1. The van der Waals surface area contributed by atoms with Crippen LogP contribution in [0.4, 0.5) is 0 Å². The van der Waals surface area contributed by atoms with Gasteiger partial charge >= 0.3 is 0 Å². The summed E-state index contributed by atoms with van der Waals surface area (Å²) >= 11 is 0. The van der Waals surface area contributed by atoms with E-state index in [0.717, 1.165) is 32.2 Å². The van der Waals surface area contributed by atoms with Crippen molar-refractivity contribution in [2.75, 3.05) is 19.7 Å². The first kappa shape index (κ1) is 12.8. The maximum atomic E-state index is 12.4. The third-order valence-electron chi connectivity index (χ3n) is 4.00. The number of aliphatic hydroxyl groups excluding tert-OH is 1. The summed E-state index contributed by atoms with van der Waals surface area (Å²) in [6.07, 6.45) is 7.99. The van der Waals surface area contributed by atoms with Gasteiger partial charge in [0.15, 0.2) is 0 Å². The predicted octanol–water partition coefficient (Wildman–Crippen LogP) is 0.892. The second-order valence-electron chi connectivity index (χ2n) is 5.20. The highest BCUT2D eigenvalue weighted by Crippen LogP contribution is 2.23. The van der Waals surface area contributed by atoms with Gasteiger partial charge in [0, 0.05) is 12.6 Å². The summed E-state index contributed by atoms with van der Waals surface area (Å²) in [6, 6.07) is 0.370. The molecule has 1 aliphatic heterocycles. The van der Waals surface area contributed by atoms with Crippen LogP contribution >= 0.6 is 0 Å². The second kappa shape index (κ2) is 6.36. The smallest absolute Gasteiger partial charge is 0.240 e. The van der Waals surface area contributed by atoms with E-state index >= 15 is 0 Å². The van der Waals surface area contributed by atoms with E-state index in [0.29, 0.717) is 12.6 Å². The average molecular weight is 240 g/mol. The molecule has 0 spiro atoms. The molecule has 2 N–H and O–H groups in total. The quantitative estimate of drug-likeness (QED) is 0.767. The van der Waals surface area contributed by atoms with Crippen LogP contribution in [0.3, 0.4) is 0 Å². The van der Waals surface area contributed by atoms with Gasteiger partial charge < -0.3 is 15.3 Å². The topological polar surface area (TPSA) is 52.6 Å². The molecule has 1 heterocycles. The van der Waals surface area contributed by atoms with Crippen molar-refractivity contribution < 1.29 is 9.90 Å². The molecular weight excluding hydrogens is 216 g/mol. The van der Waals surface area contributed by atoms with Gasteiger partial charge in [-0.25, -0.2) is 0 Å². The molecule has 1 atom stereocenters. The Kier molecular flexibility index (Phi) is 4.80. The lowest BCUT2D eigenvalue weighted by Crippen LogP contribution is -2.50. The number of rotatable bonds is 4. The van der Waals surface area contributed by atoms with Crippen molar-refractivity contribution in [1.29, 1.82) is 0 Å². The monoisotopic (exact) mass is 240 g/mol. The molecule has 1 amide bonds. The lowest BCUT2D eigenvalue weighted by atomic mass is 9.93. The van der Waals surface area contributed by atoms with E-state index in [2.05, 4.69) is 5.32 Å². The van der Waals surface area contributed by atoms with Gasteiger partial charge in [-0.05, 0) is 32.2 Å². The zero-order chi connectivity index (χ0) is 12.1. The molecular formula is C13H24N2O2. The fraction of sp³-hybridized carbons (Fsp3) is 0.923. The Morgan fingerprint density at radius 3 is 2.53 bits per heavy atom. The zero-order valence-corrected chi connectivity index (χ0v) is 10.5. The minimum atomic E-state index is 0.00322. The van der Waals surface area contributed by atoms with E-state index in [9.17, 15) is 4.79 Å². The fourth-order valence-electron chi connectivity index (χ4n) is 3.07. The summed E-state index contributed by atoms with van der Waals surface area (Å²) in [5.74, 6) is 0.212. The molecule has 0 unspecified atom stereocenters. The molecule has 1 aliphatic carbocycles. The van der Waals surface area contributed by atoms with Crippen LogP contribution in [0.1, 0.15) is 44.9 Å². The molecule has 2 aliphatic rings. The highest BCUT2D eigenvalue weighted by atomic mass is 16.3. The molecule has 4 nitrogen and oxygen atoms in total. The van der Waals surface area contributed by atoms with Crippen molar-refractivity contribution in [3.05, 3.63) is 0 Å². The first-order valence-electron chi connectivity index (χ1n) is 6.97. The lowest BCUT2D eigenvalue weighted by Gasteiger charge is -2.35. The molecule has 0 aromatic heterocycles. The number of hydrogen-bond donors (Lipinski definition) is 2. The third-order valence-corrected chi connectivity index (χ3v) is 4.00. The summed E-state index contributed by atoms with van der Waals surface area (Å²) in [4.78, 5) is 14.3. The molecule has 2 rings (SSSR count). The number of carbonyl (C=O) groups excluding carboxylic acids is 1. The summed E-state index contributed by atoms with van der Waals surface area (Å²) in [7, 11) is 0. The first-order valence-corrected chi connectivity index (χ1v) is 6.97. The maximum Gasteiger partial charge on any atom is 0.240 e. The number of hydrogen-bond acceptors (Lipinski definition) is 3. The predicted molar refractivity (Wildman–Crippen MR) is 66.7 cm³/mol. The van der Waals surface area contributed by atoms with Gasteiger partial charge in [0.05, 0.1) is 12.6 Å². The van der Waals surface area contributed by atoms with Crippen molar-refractivity contribution in [3.8, 4) is 0 Å². The van der Waals surface area contributed by atoms with Crippen LogP contribution in [0.2, 0.25) is 0 Å². The van der Waals surface area contributed by atoms with Gasteiger partial charge in [-0.2, -0.15) is 0 Å². The highest BCUT2D eigenvalue weighted by molar-refractivity contribution is 5.82. The number of amides is 1. The molecule has 0 radical (unpaired) electrons. The Morgan fingerprint density at radius 1 is 1.18 bits per heavy atom. The standard InChI is InChI=1S/C13H24N2O2/c16-10-9-15(11-5-2-1-3-6-11)13(17)12-7-4-8-14-12/h11-12,14,16H,1-10H2/t12-/m1/s1. The molecule has 1 saturated heterocycles. The Bertz CT molecular complexity index is 246. The SMILES string of the molecule is O=C([C@H]1CCCN1)N(CCO)C1CCCCC1. The van der Waals surface area contributed by atoms with Crippen molar-refractivity contribution in [2.24, 2.45) is 0 Å². The molecule has 2 fully saturated rings. The van der Waals surface area contributed by atoms with Gasteiger partial charge in [-0.1, -0.05) is 19.3 Å². The second-order valence-corrected chi connectivity index (χ2v) is 5.20. The molecule has 98 valence electrons. The van der Waals surface area contributed by atoms with Crippen LogP contribution in [0.15, 0.2) is 0 Å². The Morgan fingerprint density at radius 2 is 1.94 bits per heavy atom. The Hall–Kier alpha value is -0.610. The van der Waals surface area contributed by atoms with Gasteiger partial charge in [-0.15, -0.1) is 0 Å². The van der Waals surface area contributed by atoms with Crippen molar-refractivity contribution in [3.63, 3.8) is 0 Å². The fourth-order valence-corrected chi connectivity index (χ4v) is 3.07. The lowest BCUT2D eigenvalue weighted by molar-refractivity contribution is -0.136. The van der Waals surface area contributed by atoms with Crippen LogP contribution in [0.25, 0.3) is 0 Å². The van der Waals surface area contributed by atoms with Crippen molar-refractivity contribution >= 4 is 5.91 Å². The molecule has 1 saturated carbocycles. The summed E-state index contributed by atoms with van der Waals surface area (Å²) in [6.45, 7) is 1.53. The van der Waals surface area contributed by atoms with Gasteiger partial charge in [0.1, 0.15) is 0 Å². The van der Waals surface area contributed by atoms with Crippen LogP contribution in [0.5, 0.6) is 0 Å². The number of nitrogens with zero attached hydrogens (tertiary/aromatic N) is 1. The third kappa shape index (κ3) is 3.19. The minimum Gasteiger partial charge on any atom is -0.395 e. The van der Waals surface area contributed by atoms with Gasteiger partial charge in [-0.3, -0.25) is 4.79 Å². The molecule has 17 heavy (non-hydrogen) atoms. The largest absolute Gasteiger partial charge is 0.395 e. The van der Waals surface area contributed by atoms with Crippen LogP contribution in [0, 0.1) is 0 Å². The van der Waals surface area contributed by atoms with Gasteiger partial charge in [0.25, 0.3) is 0 Å². The van der Waals surface area contributed by atoms with E-state index in [1.165, 1.54) is 19.3 Å². The van der Waals surface area contributed by atoms with E-state index < -0.39 is 0 Å². The Balaban J connectivity index is 1.96. The minimum absolute atomic E-state index is 0.00322. The number of aliphatic hydroxyl groups is 1. The average Bonchev–Trinajstić information content (AvgIpc) is 2.90. The molecule has 0 aromatic rings. The zero-order valence-electron chi connectivity index (χ0n) is 10.5. The van der Waals surface area contributed by atoms with E-state index in [4.69, 9.17) is 5.11 Å². The van der Waals surface area contributed by atoms with Crippen molar-refractivity contribution in [1.82, 2.24) is 10.2 Å². The molecule has 0 bridgehead atoms. The summed E-state index contributed by atoms with van der Waals surface area (Å²) in [5.41, 5.74) is 0. The van der Waals surface area contributed by atoms with Crippen molar-refractivity contribution in [2.45, 2.75) is 57.0 Å². The summed E-state index contributed by atoms with van der Waals surface area (Å²) in [5, 5.41) is 12.4.